The number of morpholine rings is 1. The first kappa shape index (κ1) is 17.5. The van der Waals surface area contributed by atoms with E-state index in [-0.39, 0.29) is 24.0 Å². The van der Waals surface area contributed by atoms with Gasteiger partial charge in [-0.05, 0) is 37.3 Å². The summed E-state index contributed by atoms with van der Waals surface area (Å²) < 4.78 is 5.78. The highest BCUT2D eigenvalue weighted by atomic mass is 16.5. The zero-order valence-electron chi connectivity index (χ0n) is 15.2. The topological polar surface area (TPSA) is 61.9 Å². The van der Waals surface area contributed by atoms with Crippen LogP contribution in [0.3, 0.4) is 0 Å². The Hall–Kier alpha value is -1.92. The number of carbonyl (C=O) groups excluding carboxylic acids is 2. The van der Waals surface area contributed by atoms with Crippen LogP contribution in [0, 0.1) is 0 Å². The van der Waals surface area contributed by atoms with Crippen molar-refractivity contribution in [1.29, 1.82) is 0 Å². The fraction of sp³-hybridized carbons (Fsp3) is 0.600. The van der Waals surface area contributed by atoms with Gasteiger partial charge in [0, 0.05) is 26.2 Å². The van der Waals surface area contributed by atoms with E-state index in [1.807, 2.05) is 11.0 Å². The lowest BCUT2D eigenvalue weighted by atomic mass is 9.90. The summed E-state index contributed by atoms with van der Waals surface area (Å²) in [5, 5.41) is 2.89. The van der Waals surface area contributed by atoms with E-state index >= 15 is 0 Å². The number of hydrogen-bond acceptors (Lipinski definition) is 4. The molecule has 140 valence electrons. The molecule has 0 saturated carbocycles. The van der Waals surface area contributed by atoms with Crippen molar-refractivity contribution in [3.05, 3.63) is 35.9 Å². The molecule has 6 nitrogen and oxygen atoms in total. The number of hydrogen-bond donors (Lipinski definition) is 1. The van der Waals surface area contributed by atoms with E-state index in [4.69, 9.17) is 4.74 Å². The fourth-order valence-corrected chi connectivity index (χ4v) is 4.33. The standard InChI is InChI=1S/C20H27N3O3/c24-18-14-26-20(15-21-18)7-10-23(11-8-20)19(25)13-22-9-6-17(12-22)16-4-2-1-3-5-16/h1-5,17H,6-15H2,(H,21,24). The first-order valence-electron chi connectivity index (χ1n) is 9.59. The van der Waals surface area contributed by atoms with Crippen LogP contribution in [0.5, 0.6) is 0 Å². The second kappa shape index (κ2) is 7.37. The molecule has 26 heavy (non-hydrogen) atoms. The number of carbonyl (C=O) groups is 2. The van der Waals surface area contributed by atoms with E-state index in [9.17, 15) is 9.59 Å². The first-order valence-corrected chi connectivity index (χ1v) is 9.59. The van der Waals surface area contributed by atoms with E-state index in [1.54, 1.807) is 0 Å². The second-order valence-electron chi connectivity index (χ2n) is 7.76. The lowest BCUT2D eigenvalue weighted by Crippen LogP contribution is -2.58. The minimum absolute atomic E-state index is 0.0452. The summed E-state index contributed by atoms with van der Waals surface area (Å²) in [5.74, 6) is 0.706. The molecule has 1 N–H and O–H groups in total. The predicted molar refractivity (Wildman–Crippen MR) is 97.7 cm³/mol. The van der Waals surface area contributed by atoms with Crippen LogP contribution in [0.4, 0.5) is 0 Å². The SMILES string of the molecule is O=C1COC2(CCN(C(=O)CN3CCC(c4ccccc4)C3)CC2)CN1. The van der Waals surface area contributed by atoms with Gasteiger partial charge in [-0.3, -0.25) is 14.5 Å². The zero-order valence-corrected chi connectivity index (χ0v) is 15.2. The Balaban J connectivity index is 1.25. The number of nitrogens with one attached hydrogen (secondary N) is 1. The third kappa shape index (κ3) is 3.76. The maximum Gasteiger partial charge on any atom is 0.246 e. The van der Waals surface area contributed by atoms with E-state index in [0.29, 0.717) is 32.1 Å². The summed E-state index contributed by atoms with van der Waals surface area (Å²) in [6, 6.07) is 10.6. The largest absolute Gasteiger partial charge is 0.363 e. The molecule has 1 atom stereocenters. The minimum Gasteiger partial charge on any atom is -0.363 e. The molecule has 1 unspecified atom stereocenters. The van der Waals surface area contributed by atoms with Gasteiger partial charge in [0.2, 0.25) is 11.8 Å². The molecule has 0 aliphatic carbocycles. The van der Waals surface area contributed by atoms with Crippen molar-refractivity contribution in [2.45, 2.75) is 30.8 Å². The molecule has 3 aliphatic heterocycles. The first-order chi connectivity index (χ1) is 12.6. The molecule has 3 aliphatic rings. The lowest BCUT2D eigenvalue weighted by molar-refractivity contribution is -0.155. The minimum atomic E-state index is -0.267. The summed E-state index contributed by atoms with van der Waals surface area (Å²) in [6.45, 7) is 4.59. The monoisotopic (exact) mass is 357 g/mol. The third-order valence-corrected chi connectivity index (χ3v) is 6.05. The quantitative estimate of drug-likeness (QED) is 0.876. The number of ether oxygens (including phenoxy) is 1. The highest BCUT2D eigenvalue weighted by Crippen LogP contribution is 2.29. The molecule has 6 heteroatoms. The van der Waals surface area contributed by atoms with E-state index in [2.05, 4.69) is 34.5 Å². The van der Waals surface area contributed by atoms with Crippen LogP contribution >= 0.6 is 0 Å². The van der Waals surface area contributed by atoms with E-state index in [1.165, 1.54) is 5.56 Å². The van der Waals surface area contributed by atoms with Gasteiger partial charge in [-0.25, -0.2) is 0 Å². The highest BCUT2D eigenvalue weighted by Gasteiger charge is 2.40. The molecule has 1 spiro atoms. The predicted octanol–water partition coefficient (Wildman–Crippen LogP) is 0.983. The molecule has 3 heterocycles. The van der Waals surface area contributed by atoms with Crippen molar-refractivity contribution in [1.82, 2.24) is 15.1 Å². The molecule has 1 aromatic carbocycles. The van der Waals surface area contributed by atoms with Crippen LogP contribution in [0.25, 0.3) is 0 Å². The highest BCUT2D eigenvalue weighted by molar-refractivity contribution is 5.79. The third-order valence-electron chi connectivity index (χ3n) is 6.05. The van der Waals surface area contributed by atoms with Crippen molar-refractivity contribution in [3.63, 3.8) is 0 Å². The Morgan fingerprint density at radius 2 is 1.96 bits per heavy atom. The summed E-state index contributed by atoms with van der Waals surface area (Å²) in [4.78, 5) is 28.2. The van der Waals surface area contributed by atoms with Gasteiger partial charge in [0.15, 0.2) is 0 Å². The Bertz CT molecular complexity index is 644. The van der Waals surface area contributed by atoms with Crippen LogP contribution in [-0.4, -0.2) is 73.1 Å². The van der Waals surface area contributed by atoms with Gasteiger partial charge in [-0.15, -0.1) is 0 Å². The van der Waals surface area contributed by atoms with Gasteiger partial charge in [-0.2, -0.15) is 0 Å². The molecule has 0 radical (unpaired) electrons. The Labute approximate surface area is 154 Å². The molecule has 1 aromatic rings. The Morgan fingerprint density at radius 3 is 2.65 bits per heavy atom. The average Bonchev–Trinajstić information content (AvgIpc) is 3.14. The number of piperidine rings is 1. The van der Waals surface area contributed by atoms with Crippen LogP contribution in [0.2, 0.25) is 0 Å². The molecule has 0 aromatic heterocycles. The Morgan fingerprint density at radius 1 is 1.19 bits per heavy atom. The van der Waals surface area contributed by atoms with Gasteiger partial charge in [0.25, 0.3) is 0 Å². The molecule has 2 amide bonds. The average molecular weight is 357 g/mol. The molecule has 3 fully saturated rings. The van der Waals surface area contributed by atoms with Gasteiger partial charge < -0.3 is 15.0 Å². The van der Waals surface area contributed by atoms with Gasteiger partial charge in [0.05, 0.1) is 12.1 Å². The number of benzene rings is 1. The van der Waals surface area contributed by atoms with Crippen molar-refractivity contribution in [3.8, 4) is 0 Å². The van der Waals surface area contributed by atoms with E-state index in [0.717, 1.165) is 32.4 Å². The van der Waals surface area contributed by atoms with Crippen LogP contribution in [0.1, 0.15) is 30.7 Å². The number of nitrogens with zero attached hydrogens (tertiary/aromatic N) is 2. The van der Waals surface area contributed by atoms with Crippen LogP contribution in [-0.2, 0) is 14.3 Å². The number of rotatable bonds is 3. The van der Waals surface area contributed by atoms with Crippen LogP contribution in [0.15, 0.2) is 30.3 Å². The smallest absolute Gasteiger partial charge is 0.246 e. The van der Waals surface area contributed by atoms with Gasteiger partial charge in [0.1, 0.15) is 6.61 Å². The summed E-state index contributed by atoms with van der Waals surface area (Å²) in [5.41, 5.74) is 1.11. The summed E-state index contributed by atoms with van der Waals surface area (Å²) in [7, 11) is 0. The molecule has 3 saturated heterocycles. The lowest BCUT2D eigenvalue weighted by Gasteiger charge is -2.43. The fourth-order valence-electron chi connectivity index (χ4n) is 4.33. The maximum absolute atomic E-state index is 12.7. The zero-order chi connectivity index (χ0) is 18.0. The van der Waals surface area contributed by atoms with E-state index < -0.39 is 0 Å². The molecule has 0 bridgehead atoms. The summed E-state index contributed by atoms with van der Waals surface area (Å²) >= 11 is 0. The Kier molecular flexibility index (Phi) is 4.96. The van der Waals surface area contributed by atoms with Crippen molar-refractivity contribution < 1.29 is 14.3 Å². The molecular weight excluding hydrogens is 330 g/mol. The second-order valence-corrected chi connectivity index (χ2v) is 7.76. The normalized spacial score (nSPS) is 26.1. The number of likely N-dealkylation sites (tertiary alicyclic amines) is 2. The molecule has 4 rings (SSSR count). The van der Waals surface area contributed by atoms with Gasteiger partial charge in [-0.1, -0.05) is 30.3 Å². The number of amides is 2. The van der Waals surface area contributed by atoms with Gasteiger partial charge >= 0.3 is 0 Å². The summed E-state index contributed by atoms with van der Waals surface area (Å²) in [6.07, 6.45) is 2.71. The van der Waals surface area contributed by atoms with Crippen molar-refractivity contribution in [2.75, 3.05) is 45.9 Å². The molecular formula is C20H27N3O3. The maximum atomic E-state index is 12.7. The van der Waals surface area contributed by atoms with Crippen LogP contribution < -0.4 is 5.32 Å². The van der Waals surface area contributed by atoms with Crippen molar-refractivity contribution >= 4 is 11.8 Å². The van der Waals surface area contributed by atoms with Crippen molar-refractivity contribution in [2.24, 2.45) is 0 Å².